The van der Waals surface area contributed by atoms with E-state index >= 15 is 0 Å². The second-order valence-electron chi connectivity index (χ2n) is 6.36. The van der Waals surface area contributed by atoms with E-state index in [2.05, 4.69) is 5.32 Å². The molecular weight excluding hydrogens is 324 g/mol. The van der Waals surface area contributed by atoms with Crippen molar-refractivity contribution in [1.82, 2.24) is 9.96 Å². The molecule has 0 saturated heterocycles. The van der Waals surface area contributed by atoms with Crippen LogP contribution in [0.3, 0.4) is 0 Å². The van der Waals surface area contributed by atoms with Crippen LogP contribution in [0.5, 0.6) is 0 Å². The number of para-hydroxylation sites is 1. The lowest BCUT2D eigenvalue weighted by Gasteiger charge is -2.45. The lowest BCUT2D eigenvalue weighted by Crippen LogP contribution is -2.49. The van der Waals surface area contributed by atoms with Crippen LogP contribution < -0.4 is 14.9 Å². The SMILES string of the molecule is CCN1C[N+]([O-])([C@H](CCNC)c2cccc(F)c2)c2c(F)cccc21. The molecular formula is C19H23F2N3O. The molecule has 0 fully saturated rings. The molecule has 0 bridgehead atoms. The summed E-state index contributed by atoms with van der Waals surface area (Å²) in [5.74, 6) is -0.895. The second-order valence-corrected chi connectivity index (χ2v) is 6.36. The molecule has 25 heavy (non-hydrogen) atoms. The smallest absolute Gasteiger partial charge is 0.194 e. The fourth-order valence-electron chi connectivity index (χ4n) is 3.67. The van der Waals surface area contributed by atoms with Gasteiger partial charge in [-0.2, -0.15) is 0 Å². The summed E-state index contributed by atoms with van der Waals surface area (Å²) in [7, 11) is 1.80. The van der Waals surface area contributed by atoms with Crippen LogP contribution in [0.15, 0.2) is 42.5 Å². The molecule has 1 unspecified atom stereocenters. The molecule has 2 atom stereocenters. The molecule has 3 rings (SSSR count). The van der Waals surface area contributed by atoms with E-state index in [0.717, 1.165) is 0 Å². The van der Waals surface area contributed by atoms with Crippen molar-refractivity contribution < 1.29 is 8.78 Å². The van der Waals surface area contributed by atoms with Gasteiger partial charge in [-0.25, -0.2) is 8.78 Å². The van der Waals surface area contributed by atoms with Crippen LogP contribution in [0.1, 0.15) is 24.9 Å². The number of nitrogens with one attached hydrogen (secondary N) is 1. The predicted octanol–water partition coefficient (Wildman–Crippen LogP) is 3.92. The molecule has 0 aromatic heterocycles. The highest BCUT2D eigenvalue weighted by Gasteiger charge is 2.44. The van der Waals surface area contributed by atoms with E-state index in [1.54, 1.807) is 31.3 Å². The monoisotopic (exact) mass is 347 g/mol. The summed E-state index contributed by atoms with van der Waals surface area (Å²) >= 11 is 0. The van der Waals surface area contributed by atoms with E-state index in [-0.39, 0.29) is 18.2 Å². The zero-order chi connectivity index (χ0) is 18.0. The molecule has 1 heterocycles. The van der Waals surface area contributed by atoms with Gasteiger partial charge < -0.3 is 20.1 Å². The van der Waals surface area contributed by atoms with Crippen LogP contribution in [0.25, 0.3) is 0 Å². The molecule has 0 radical (unpaired) electrons. The summed E-state index contributed by atoms with van der Waals surface area (Å²) in [6, 6.07) is 10.2. The third kappa shape index (κ3) is 3.13. The Morgan fingerprint density at radius 1 is 1.24 bits per heavy atom. The quantitative estimate of drug-likeness (QED) is 0.636. The van der Waals surface area contributed by atoms with Crippen molar-refractivity contribution in [2.24, 2.45) is 0 Å². The molecule has 0 aliphatic carbocycles. The second kappa shape index (κ2) is 7.07. The Morgan fingerprint density at radius 2 is 2.00 bits per heavy atom. The van der Waals surface area contributed by atoms with Gasteiger partial charge in [0.15, 0.2) is 18.2 Å². The van der Waals surface area contributed by atoms with Gasteiger partial charge in [0.2, 0.25) is 0 Å². The van der Waals surface area contributed by atoms with Gasteiger partial charge in [0.05, 0.1) is 0 Å². The summed E-state index contributed by atoms with van der Waals surface area (Å²) < 4.78 is 27.6. The Hall–Kier alpha value is -2.02. The summed E-state index contributed by atoms with van der Waals surface area (Å²) in [5.41, 5.74) is 1.37. The summed E-state index contributed by atoms with van der Waals surface area (Å²) in [6.07, 6.45) is 0.481. The first kappa shape index (κ1) is 17.8. The fraction of sp³-hybridized carbons (Fsp3) is 0.368. The first-order valence-corrected chi connectivity index (χ1v) is 8.54. The predicted molar refractivity (Wildman–Crippen MR) is 97.1 cm³/mol. The topological polar surface area (TPSA) is 38.3 Å². The Balaban J connectivity index is 2.12. The molecule has 1 N–H and O–H groups in total. The van der Waals surface area contributed by atoms with Gasteiger partial charge >= 0.3 is 0 Å². The van der Waals surface area contributed by atoms with E-state index in [1.165, 1.54) is 18.2 Å². The molecule has 0 saturated carbocycles. The Morgan fingerprint density at radius 3 is 2.68 bits per heavy atom. The lowest BCUT2D eigenvalue weighted by molar-refractivity contribution is 0.273. The zero-order valence-corrected chi connectivity index (χ0v) is 14.5. The van der Waals surface area contributed by atoms with E-state index in [0.29, 0.717) is 30.8 Å². The van der Waals surface area contributed by atoms with Crippen molar-refractivity contribution in [2.75, 3.05) is 31.7 Å². The average molecular weight is 347 g/mol. The normalized spacial score (nSPS) is 20.6. The standard InChI is InChI=1S/C19H23F2N3O/c1-3-23-13-24(25,19-16(21)8-5-9-17(19)23)18(10-11-22-2)14-6-4-7-15(20)12-14/h4-9,12,18,22H,3,10-11,13H2,1-2H3/t18-,24?/m1/s1. The van der Waals surface area contributed by atoms with Gasteiger partial charge in [0.25, 0.3) is 0 Å². The number of nitrogens with zero attached hydrogens (tertiary/aromatic N) is 2. The van der Waals surface area contributed by atoms with Crippen molar-refractivity contribution in [2.45, 2.75) is 19.4 Å². The zero-order valence-electron chi connectivity index (χ0n) is 14.5. The van der Waals surface area contributed by atoms with E-state index in [9.17, 15) is 14.0 Å². The third-order valence-corrected chi connectivity index (χ3v) is 4.85. The molecule has 2 aromatic rings. The maximum atomic E-state index is 14.6. The minimum Gasteiger partial charge on any atom is -0.625 e. The number of hydrogen-bond acceptors (Lipinski definition) is 3. The third-order valence-electron chi connectivity index (χ3n) is 4.85. The van der Waals surface area contributed by atoms with Crippen molar-refractivity contribution in [3.63, 3.8) is 0 Å². The number of anilines is 1. The van der Waals surface area contributed by atoms with Gasteiger partial charge in [-0.3, -0.25) is 0 Å². The number of hydrogen-bond donors (Lipinski definition) is 1. The summed E-state index contributed by atoms with van der Waals surface area (Å²) in [5, 5.41) is 17.0. The summed E-state index contributed by atoms with van der Waals surface area (Å²) in [4.78, 5) is 1.89. The summed E-state index contributed by atoms with van der Waals surface area (Å²) in [6.45, 7) is 3.26. The molecule has 2 aromatic carbocycles. The Labute approximate surface area is 146 Å². The van der Waals surface area contributed by atoms with Crippen LogP contribution in [0, 0.1) is 16.8 Å². The van der Waals surface area contributed by atoms with Gasteiger partial charge in [0, 0.05) is 25.1 Å². The van der Waals surface area contributed by atoms with Crippen molar-refractivity contribution in [1.29, 1.82) is 0 Å². The number of benzene rings is 2. The largest absolute Gasteiger partial charge is 0.625 e. The van der Waals surface area contributed by atoms with Crippen LogP contribution in [-0.4, -0.2) is 26.8 Å². The number of quaternary nitrogens is 1. The minimum absolute atomic E-state index is 0.123. The van der Waals surface area contributed by atoms with E-state index in [1.807, 2.05) is 11.8 Å². The van der Waals surface area contributed by atoms with E-state index in [4.69, 9.17) is 0 Å². The molecule has 1 aliphatic rings. The average Bonchev–Trinajstić information content (AvgIpc) is 2.90. The maximum absolute atomic E-state index is 14.6. The minimum atomic E-state index is -0.832. The highest BCUT2D eigenvalue weighted by Crippen LogP contribution is 2.48. The fourth-order valence-corrected chi connectivity index (χ4v) is 3.67. The first-order chi connectivity index (χ1) is 12.0. The molecule has 4 nitrogen and oxygen atoms in total. The van der Waals surface area contributed by atoms with Gasteiger partial charge in [0.1, 0.15) is 17.5 Å². The van der Waals surface area contributed by atoms with Crippen LogP contribution in [-0.2, 0) is 0 Å². The van der Waals surface area contributed by atoms with Gasteiger partial charge in [-0.15, -0.1) is 0 Å². The number of rotatable bonds is 6. The van der Waals surface area contributed by atoms with Crippen molar-refractivity contribution in [3.05, 3.63) is 64.9 Å². The molecule has 0 spiro atoms. The number of fused-ring (bicyclic) bond motifs is 1. The van der Waals surface area contributed by atoms with Gasteiger partial charge in [-0.05, 0) is 38.2 Å². The highest BCUT2D eigenvalue weighted by molar-refractivity contribution is 5.75. The number of hydroxylamine groups is 2. The Bertz CT molecular complexity index is 755. The van der Waals surface area contributed by atoms with Crippen molar-refractivity contribution >= 4 is 11.4 Å². The first-order valence-electron chi connectivity index (χ1n) is 8.54. The van der Waals surface area contributed by atoms with Gasteiger partial charge in [-0.1, -0.05) is 18.2 Å². The molecule has 6 heteroatoms. The number of halogens is 2. The molecule has 134 valence electrons. The van der Waals surface area contributed by atoms with Crippen LogP contribution >= 0.6 is 0 Å². The lowest BCUT2D eigenvalue weighted by atomic mass is 10.0. The molecule has 0 amide bonds. The Kier molecular flexibility index (Phi) is 5.03. The van der Waals surface area contributed by atoms with E-state index < -0.39 is 16.5 Å². The van der Waals surface area contributed by atoms with Crippen LogP contribution in [0.2, 0.25) is 0 Å². The maximum Gasteiger partial charge on any atom is 0.194 e. The van der Waals surface area contributed by atoms with Crippen molar-refractivity contribution in [3.8, 4) is 0 Å². The highest BCUT2D eigenvalue weighted by atomic mass is 19.1. The van der Waals surface area contributed by atoms with Crippen LogP contribution in [0.4, 0.5) is 20.2 Å². The molecule has 1 aliphatic heterocycles.